The molecule has 0 amide bonds. The summed E-state index contributed by atoms with van der Waals surface area (Å²) in [4.78, 5) is 20.5. The first-order chi connectivity index (χ1) is 15.1. The number of aromatic nitrogens is 2. The molecule has 0 atom stereocenters. The van der Waals surface area contributed by atoms with E-state index in [-0.39, 0.29) is 19.8 Å². The van der Waals surface area contributed by atoms with E-state index >= 15 is 0 Å². The number of nitrogens with zero attached hydrogens (tertiary/aromatic N) is 1. The number of hydrogen-bond donors (Lipinski definition) is 2. The van der Waals surface area contributed by atoms with E-state index in [1.54, 1.807) is 0 Å². The lowest BCUT2D eigenvalue weighted by atomic mass is 9.99. The summed E-state index contributed by atoms with van der Waals surface area (Å²) in [5.74, 6) is 1.27. The first-order valence-electron chi connectivity index (χ1n) is 10.2. The van der Waals surface area contributed by atoms with E-state index in [0.29, 0.717) is 5.75 Å². The Hall–Kier alpha value is -3.03. The Morgan fingerprint density at radius 2 is 2.06 bits per heavy atom. The molecule has 4 aromatic rings. The molecule has 3 N–H and O–H groups in total. The number of nitrogens with one attached hydrogen (secondary N) is 1. The quantitative estimate of drug-likeness (QED) is 0.237. The molecule has 0 aliphatic carbocycles. The Labute approximate surface area is 185 Å². The summed E-state index contributed by atoms with van der Waals surface area (Å²) in [5, 5.41) is 2.12. The summed E-state index contributed by atoms with van der Waals surface area (Å²) in [6.45, 7) is 4.44. The average Bonchev–Trinajstić information content (AvgIpc) is 3.16. The molecule has 160 valence electrons. The highest BCUT2D eigenvalue weighted by molar-refractivity contribution is 7.99. The minimum Gasteiger partial charge on any atom is -0.488 e. The highest BCUT2D eigenvalue weighted by atomic mass is 32.2. The van der Waals surface area contributed by atoms with E-state index in [2.05, 4.69) is 53.3 Å². The van der Waals surface area contributed by atoms with Gasteiger partial charge in [-0.2, -0.15) is 0 Å². The average molecular weight is 436 g/mol. The summed E-state index contributed by atoms with van der Waals surface area (Å²) >= 11 is 1.82. The Balaban J connectivity index is 1.79. The fraction of sp³-hybridized carbons (Fsp3) is 0.250. The lowest BCUT2D eigenvalue weighted by molar-refractivity contribution is -0.142. The first kappa shape index (κ1) is 21.2. The number of aryl methyl sites for hydroxylation is 1. The van der Waals surface area contributed by atoms with Gasteiger partial charge < -0.3 is 20.2 Å². The largest absolute Gasteiger partial charge is 0.488 e. The van der Waals surface area contributed by atoms with Crippen LogP contribution in [-0.4, -0.2) is 41.4 Å². The zero-order valence-corrected chi connectivity index (χ0v) is 18.4. The van der Waals surface area contributed by atoms with Gasteiger partial charge in [-0.1, -0.05) is 19.1 Å². The maximum absolute atomic E-state index is 11.2. The summed E-state index contributed by atoms with van der Waals surface area (Å²) in [6, 6.07) is 14.7. The minimum atomic E-state index is -0.445. The molecule has 0 spiro atoms. The predicted octanol–water partition coefficient (Wildman–Crippen LogP) is 4.68. The molecule has 0 aliphatic rings. The van der Waals surface area contributed by atoms with Crippen LogP contribution in [0.3, 0.4) is 0 Å². The zero-order chi connectivity index (χ0) is 21.8. The van der Waals surface area contributed by atoms with Gasteiger partial charge in [0.15, 0.2) is 0 Å². The Kier molecular flexibility index (Phi) is 6.44. The van der Waals surface area contributed by atoms with Gasteiger partial charge in [-0.15, -0.1) is 11.8 Å². The van der Waals surface area contributed by atoms with Crippen LogP contribution < -0.4 is 10.5 Å². The third-order valence-electron chi connectivity index (χ3n) is 4.93. The Bertz CT molecular complexity index is 1240. The van der Waals surface area contributed by atoms with Crippen molar-refractivity contribution in [3.05, 3.63) is 54.2 Å². The van der Waals surface area contributed by atoms with Crippen molar-refractivity contribution in [1.82, 2.24) is 9.97 Å². The number of carbonyl (C=O) groups is 1. The molecule has 0 fully saturated rings. The predicted molar refractivity (Wildman–Crippen MR) is 126 cm³/mol. The topological polar surface area (TPSA) is 90.2 Å². The van der Waals surface area contributed by atoms with Gasteiger partial charge in [0.2, 0.25) is 0 Å². The number of hydrogen-bond acceptors (Lipinski definition) is 6. The molecule has 4 rings (SSSR count). The number of esters is 1. The number of rotatable bonds is 8. The summed E-state index contributed by atoms with van der Waals surface area (Å²) in [6.07, 6.45) is 1.85. The second-order valence-electron chi connectivity index (χ2n) is 7.13. The van der Waals surface area contributed by atoms with Gasteiger partial charge in [0.05, 0.1) is 12.1 Å². The van der Waals surface area contributed by atoms with Crippen molar-refractivity contribution >= 4 is 39.7 Å². The van der Waals surface area contributed by atoms with E-state index < -0.39 is 5.97 Å². The van der Waals surface area contributed by atoms with E-state index in [9.17, 15) is 4.79 Å². The third kappa shape index (κ3) is 4.52. The maximum Gasteiger partial charge on any atom is 0.319 e. The maximum atomic E-state index is 11.2. The lowest BCUT2D eigenvalue weighted by Gasteiger charge is -2.11. The van der Waals surface area contributed by atoms with Crippen LogP contribution in [0.15, 0.2) is 53.6 Å². The second kappa shape index (κ2) is 9.41. The summed E-state index contributed by atoms with van der Waals surface area (Å²) in [7, 11) is 0. The van der Waals surface area contributed by atoms with Gasteiger partial charge >= 0.3 is 5.97 Å². The standard InChI is InChI=1S/C24H25N3O3S/c1-3-31-17-6-4-5-16(12-17)18-7-8-20(29-9-10-30-21(28)13-25)23-22(18)19-11-15(2)14-26-24(19)27-23/h4-8,11-12,14H,3,9-10,13,25H2,1-2H3,(H,26,27). The molecule has 0 saturated heterocycles. The van der Waals surface area contributed by atoms with Gasteiger partial charge in [0.1, 0.15) is 24.6 Å². The van der Waals surface area contributed by atoms with Crippen molar-refractivity contribution in [2.75, 3.05) is 25.5 Å². The number of nitrogens with two attached hydrogens (primary N) is 1. The Morgan fingerprint density at radius 1 is 1.19 bits per heavy atom. The fourth-order valence-corrected chi connectivity index (χ4v) is 4.33. The van der Waals surface area contributed by atoms with E-state index in [0.717, 1.165) is 44.4 Å². The van der Waals surface area contributed by atoms with Crippen molar-refractivity contribution in [2.45, 2.75) is 18.7 Å². The molecule has 0 saturated carbocycles. The number of thioether (sulfide) groups is 1. The van der Waals surface area contributed by atoms with Crippen molar-refractivity contribution in [3.63, 3.8) is 0 Å². The van der Waals surface area contributed by atoms with Gasteiger partial charge in [-0.3, -0.25) is 4.79 Å². The molecule has 31 heavy (non-hydrogen) atoms. The zero-order valence-electron chi connectivity index (χ0n) is 17.6. The minimum absolute atomic E-state index is 0.138. The molecule has 0 aliphatic heterocycles. The number of ether oxygens (including phenoxy) is 2. The van der Waals surface area contributed by atoms with Gasteiger partial charge in [0, 0.05) is 21.9 Å². The van der Waals surface area contributed by atoms with E-state index in [1.807, 2.05) is 30.9 Å². The summed E-state index contributed by atoms with van der Waals surface area (Å²) < 4.78 is 11.0. The number of carbonyl (C=O) groups excluding carboxylic acids is 1. The first-order valence-corrected chi connectivity index (χ1v) is 11.2. The highest BCUT2D eigenvalue weighted by Crippen LogP contribution is 2.39. The molecule has 2 aromatic carbocycles. The number of fused-ring (bicyclic) bond motifs is 3. The molecule has 0 radical (unpaired) electrons. The Morgan fingerprint density at radius 3 is 2.87 bits per heavy atom. The fourth-order valence-electron chi connectivity index (χ4n) is 3.61. The molecule has 6 nitrogen and oxygen atoms in total. The lowest BCUT2D eigenvalue weighted by Crippen LogP contribution is -2.19. The highest BCUT2D eigenvalue weighted by Gasteiger charge is 2.16. The number of aromatic amines is 1. The van der Waals surface area contributed by atoms with Crippen LogP contribution in [0.2, 0.25) is 0 Å². The SMILES string of the molecule is CCSc1cccc(-c2ccc(OCCOC(=O)CN)c3[nH]c4ncc(C)cc4c23)c1. The smallest absolute Gasteiger partial charge is 0.319 e. The third-order valence-corrected chi connectivity index (χ3v) is 5.81. The second-order valence-corrected chi connectivity index (χ2v) is 8.47. The van der Waals surface area contributed by atoms with E-state index in [1.165, 1.54) is 4.90 Å². The van der Waals surface area contributed by atoms with Crippen molar-refractivity contribution in [1.29, 1.82) is 0 Å². The number of pyridine rings is 1. The van der Waals surface area contributed by atoms with Crippen LogP contribution in [0.25, 0.3) is 33.1 Å². The van der Waals surface area contributed by atoms with Crippen LogP contribution in [0.1, 0.15) is 12.5 Å². The molecular weight excluding hydrogens is 410 g/mol. The molecule has 2 aromatic heterocycles. The van der Waals surface area contributed by atoms with E-state index in [4.69, 9.17) is 15.2 Å². The van der Waals surface area contributed by atoms with Crippen LogP contribution in [0.5, 0.6) is 5.75 Å². The van der Waals surface area contributed by atoms with Crippen LogP contribution in [0, 0.1) is 6.92 Å². The molecule has 7 heteroatoms. The van der Waals surface area contributed by atoms with Gasteiger partial charge in [0.25, 0.3) is 0 Å². The van der Waals surface area contributed by atoms with Crippen LogP contribution in [0.4, 0.5) is 0 Å². The monoisotopic (exact) mass is 435 g/mol. The van der Waals surface area contributed by atoms with Gasteiger partial charge in [-0.25, -0.2) is 4.98 Å². The van der Waals surface area contributed by atoms with Crippen LogP contribution in [-0.2, 0) is 9.53 Å². The number of H-pyrrole nitrogens is 1. The van der Waals surface area contributed by atoms with Crippen molar-refractivity contribution in [3.8, 4) is 16.9 Å². The van der Waals surface area contributed by atoms with Crippen molar-refractivity contribution < 1.29 is 14.3 Å². The number of benzene rings is 2. The molecule has 0 unspecified atom stereocenters. The summed E-state index contributed by atoms with van der Waals surface area (Å²) in [5.41, 5.74) is 10.3. The molecular formula is C24H25N3O3S. The van der Waals surface area contributed by atoms with Crippen LogP contribution >= 0.6 is 11.8 Å². The normalized spacial score (nSPS) is 11.2. The molecule has 2 heterocycles. The van der Waals surface area contributed by atoms with Gasteiger partial charge in [-0.05, 0) is 59.7 Å². The van der Waals surface area contributed by atoms with Crippen molar-refractivity contribution in [2.24, 2.45) is 5.73 Å². The molecule has 0 bridgehead atoms.